The first-order valence-electron chi connectivity index (χ1n) is 5.87. The third kappa shape index (κ3) is 3.59. The Kier molecular flexibility index (Phi) is 4.39. The lowest BCUT2D eigenvalue weighted by Gasteiger charge is -2.09. The molecule has 0 atom stereocenters. The quantitative estimate of drug-likeness (QED) is 0.899. The van der Waals surface area contributed by atoms with Crippen molar-refractivity contribution in [1.29, 1.82) is 0 Å². The molecular formula is C15H16BrNO. The SMILES string of the molecule is Cc1cc(Br)cc(NCc2cccc(CO)c2)c1. The lowest BCUT2D eigenvalue weighted by atomic mass is 10.1. The fourth-order valence-electron chi connectivity index (χ4n) is 1.88. The normalized spacial score (nSPS) is 10.4. The topological polar surface area (TPSA) is 32.3 Å². The molecule has 0 unspecified atom stereocenters. The number of aryl methyl sites for hydroxylation is 1. The number of benzene rings is 2. The van der Waals surface area contributed by atoms with Crippen LogP contribution in [0.25, 0.3) is 0 Å². The molecule has 2 rings (SSSR count). The first kappa shape index (κ1) is 13.1. The molecule has 2 N–H and O–H groups in total. The minimum Gasteiger partial charge on any atom is -0.392 e. The Balaban J connectivity index is 2.06. The van der Waals surface area contributed by atoms with E-state index in [9.17, 15) is 0 Å². The molecule has 0 spiro atoms. The molecule has 0 bridgehead atoms. The predicted molar refractivity (Wildman–Crippen MR) is 78.6 cm³/mol. The number of aliphatic hydroxyl groups is 1. The molecule has 18 heavy (non-hydrogen) atoms. The largest absolute Gasteiger partial charge is 0.392 e. The maximum Gasteiger partial charge on any atom is 0.0681 e. The van der Waals surface area contributed by atoms with Crippen molar-refractivity contribution in [2.75, 3.05) is 5.32 Å². The molecule has 0 saturated heterocycles. The Hall–Kier alpha value is -1.32. The van der Waals surface area contributed by atoms with Crippen molar-refractivity contribution >= 4 is 21.6 Å². The fourth-order valence-corrected chi connectivity index (χ4v) is 2.49. The molecular weight excluding hydrogens is 290 g/mol. The Morgan fingerprint density at radius 3 is 2.61 bits per heavy atom. The Labute approximate surface area is 116 Å². The average molecular weight is 306 g/mol. The summed E-state index contributed by atoms with van der Waals surface area (Å²) in [6.45, 7) is 2.91. The van der Waals surface area contributed by atoms with Gasteiger partial charge in [0.05, 0.1) is 6.61 Å². The number of hydrogen-bond acceptors (Lipinski definition) is 2. The molecule has 2 aromatic rings. The molecule has 0 saturated carbocycles. The van der Waals surface area contributed by atoms with Crippen molar-refractivity contribution in [3.05, 3.63) is 63.6 Å². The summed E-state index contributed by atoms with van der Waals surface area (Å²) in [6, 6.07) is 14.2. The first-order valence-corrected chi connectivity index (χ1v) is 6.66. The van der Waals surface area contributed by atoms with E-state index in [1.54, 1.807) is 0 Å². The van der Waals surface area contributed by atoms with Crippen LogP contribution in [0.15, 0.2) is 46.9 Å². The zero-order chi connectivity index (χ0) is 13.0. The van der Waals surface area contributed by atoms with Gasteiger partial charge in [-0.2, -0.15) is 0 Å². The summed E-state index contributed by atoms with van der Waals surface area (Å²) in [5, 5.41) is 12.5. The summed E-state index contributed by atoms with van der Waals surface area (Å²) >= 11 is 3.49. The summed E-state index contributed by atoms with van der Waals surface area (Å²) in [5.74, 6) is 0. The third-order valence-electron chi connectivity index (χ3n) is 2.71. The Morgan fingerprint density at radius 1 is 1.11 bits per heavy atom. The van der Waals surface area contributed by atoms with Crippen molar-refractivity contribution in [3.8, 4) is 0 Å². The molecule has 3 heteroatoms. The maximum atomic E-state index is 9.09. The van der Waals surface area contributed by atoms with E-state index in [1.165, 1.54) is 11.1 Å². The standard InChI is InChI=1S/C15H16BrNO/c1-11-5-14(16)8-15(6-11)17-9-12-3-2-4-13(7-12)10-18/h2-8,17-18H,9-10H2,1H3. The van der Waals surface area contributed by atoms with Gasteiger partial charge in [0.15, 0.2) is 0 Å². The van der Waals surface area contributed by atoms with Crippen LogP contribution >= 0.6 is 15.9 Å². The molecule has 0 heterocycles. The molecule has 2 nitrogen and oxygen atoms in total. The second-order valence-electron chi connectivity index (χ2n) is 4.35. The fraction of sp³-hybridized carbons (Fsp3) is 0.200. The van der Waals surface area contributed by atoms with Crippen molar-refractivity contribution < 1.29 is 5.11 Å². The number of halogens is 1. The summed E-state index contributed by atoms with van der Waals surface area (Å²) in [6.07, 6.45) is 0. The van der Waals surface area contributed by atoms with Crippen LogP contribution in [0.5, 0.6) is 0 Å². The van der Waals surface area contributed by atoms with Crippen LogP contribution in [0.3, 0.4) is 0 Å². The van der Waals surface area contributed by atoms with Crippen LogP contribution in [0.4, 0.5) is 5.69 Å². The minimum absolute atomic E-state index is 0.0871. The number of aliphatic hydroxyl groups excluding tert-OH is 1. The highest BCUT2D eigenvalue weighted by atomic mass is 79.9. The van der Waals surface area contributed by atoms with Crippen LogP contribution in [0, 0.1) is 6.92 Å². The van der Waals surface area contributed by atoms with Gasteiger partial charge in [-0.15, -0.1) is 0 Å². The van der Waals surface area contributed by atoms with Gasteiger partial charge in [-0.25, -0.2) is 0 Å². The molecule has 0 fully saturated rings. The van der Waals surface area contributed by atoms with E-state index in [2.05, 4.69) is 52.4 Å². The van der Waals surface area contributed by atoms with E-state index in [0.29, 0.717) is 0 Å². The van der Waals surface area contributed by atoms with Gasteiger partial charge in [0.2, 0.25) is 0 Å². The third-order valence-corrected chi connectivity index (χ3v) is 3.17. The van der Waals surface area contributed by atoms with Gasteiger partial charge in [-0.3, -0.25) is 0 Å². The molecule has 0 aliphatic rings. The minimum atomic E-state index is 0.0871. The summed E-state index contributed by atoms with van der Waals surface area (Å²) in [7, 11) is 0. The number of nitrogens with one attached hydrogen (secondary N) is 1. The summed E-state index contributed by atoms with van der Waals surface area (Å²) < 4.78 is 1.08. The monoisotopic (exact) mass is 305 g/mol. The van der Waals surface area contributed by atoms with Gasteiger partial charge in [-0.05, 0) is 41.8 Å². The van der Waals surface area contributed by atoms with E-state index in [0.717, 1.165) is 22.3 Å². The number of anilines is 1. The van der Waals surface area contributed by atoms with Crippen LogP contribution in [0.1, 0.15) is 16.7 Å². The highest BCUT2D eigenvalue weighted by Gasteiger charge is 1.98. The average Bonchev–Trinajstić information content (AvgIpc) is 2.35. The van der Waals surface area contributed by atoms with Crippen LogP contribution in [0.2, 0.25) is 0 Å². The zero-order valence-electron chi connectivity index (χ0n) is 10.3. The van der Waals surface area contributed by atoms with Crippen molar-refractivity contribution in [2.24, 2.45) is 0 Å². The highest BCUT2D eigenvalue weighted by Crippen LogP contribution is 2.19. The molecule has 0 amide bonds. The van der Waals surface area contributed by atoms with Crippen LogP contribution < -0.4 is 5.32 Å². The Bertz CT molecular complexity index is 520. The second-order valence-corrected chi connectivity index (χ2v) is 5.26. The first-order chi connectivity index (χ1) is 8.67. The predicted octanol–water partition coefficient (Wildman–Crippen LogP) is 3.86. The zero-order valence-corrected chi connectivity index (χ0v) is 11.9. The van der Waals surface area contributed by atoms with Gasteiger partial charge in [-0.1, -0.05) is 40.2 Å². The summed E-state index contributed by atoms with van der Waals surface area (Å²) in [4.78, 5) is 0. The van der Waals surface area contributed by atoms with Gasteiger partial charge in [0.1, 0.15) is 0 Å². The van der Waals surface area contributed by atoms with Crippen LogP contribution in [-0.4, -0.2) is 5.11 Å². The van der Waals surface area contributed by atoms with Gasteiger partial charge >= 0.3 is 0 Å². The Morgan fingerprint density at radius 2 is 1.89 bits per heavy atom. The number of rotatable bonds is 4. The van der Waals surface area contributed by atoms with Crippen molar-refractivity contribution in [1.82, 2.24) is 0 Å². The van der Waals surface area contributed by atoms with Crippen molar-refractivity contribution in [2.45, 2.75) is 20.1 Å². The molecule has 0 aliphatic heterocycles. The molecule has 0 radical (unpaired) electrons. The summed E-state index contributed by atoms with van der Waals surface area (Å²) in [5.41, 5.74) is 4.42. The van der Waals surface area contributed by atoms with E-state index < -0.39 is 0 Å². The van der Waals surface area contributed by atoms with E-state index >= 15 is 0 Å². The van der Waals surface area contributed by atoms with Crippen LogP contribution in [-0.2, 0) is 13.2 Å². The van der Waals surface area contributed by atoms with Gasteiger partial charge in [0, 0.05) is 16.7 Å². The van der Waals surface area contributed by atoms with Gasteiger partial charge < -0.3 is 10.4 Å². The molecule has 2 aromatic carbocycles. The van der Waals surface area contributed by atoms with Crippen molar-refractivity contribution in [3.63, 3.8) is 0 Å². The van der Waals surface area contributed by atoms with E-state index in [1.807, 2.05) is 18.2 Å². The molecule has 0 aliphatic carbocycles. The smallest absolute Gasteiger partial charge is 0.0681 e. The second kappa shape index (κ2) is 6.03. The van der Waals surface area contributed by atoms with Gasteiger partial charge in [0.25, 0.3) is 0 Å². The number of hydrogen-bond donors (Lipinski definition) is 2. The maximum absolute atomic E-state index is 9.09. The molecule has 0 aromatic heterocycles. The van der Waals surface area contributed by atoms with E-state index in [-0.39, 0.29) is 6.61 Å². The lowest BCUT2D eigenvalue weighted by molar-refractivity contribution is 0.281. The van der Waals surface area contributed by atoms with E-state index in [4.69, 9.17) is 5.11 Å². The highest BCUT2D eigenvalue weighted by molar-refractivity contribution is 9.10. The lowest BCUT2D eigenvalue weighted by Crippen LogP contribution is -2.00. The molecule has 94 valence electrons.